The van der Waals surface area contributed by atoms with Crippen molar-refractivity contribution in [2.45, 2.75) is 27.7 Å². The normalized spacial score (nSPS) is 10.0. The smallest absolute Gasteiger partial charge is 0.321 e. The highest BCUT2D eigenvalue weighted by molar-refractivity contribution is 5.89. The van der Waals surface area contributed by atoms with Crippen LogP contribution in [0.5, 0.6) is 0 Å². The van der Waals surface area contributed by atoms with Crippen molar-refractivity contribution in [3.05, 3.63) is 29.3 Å². The molecule has 0 aliphatic heterocycles. The molecule has 3 nitrogen and oxygen atoms in total. The molecule has 3 heteroatoms. The minimum Gasteiger partial charge on any atom is -0.325 e. The number of carbonyl (C=O) groups is 1. The number of benzene rings is 1. The SMILES string of the molecule is CCN(CC)C(=O)Nc1ccc(C)c(C)c1. The summed E-state index contributed by atoms with van der Waals surface area (Å²) in [5.41, 5.74) is 3.29. The van der Waals surface area contributed by atoms with Crippen LogP contribution < -0.4 is 5.32 Å². The van der Waals surface area contributed by atoms with Gasteiger partial charge in [0.2, 0.25) is 0 Å². The van der Waals surface area contributed by atoms with Crippen LogP contribution in [-0.4, -0.2) is 24.0 Å². The standard InChI is InChI=1S/C13H20N2O/c1-5-15(6-2)13(16)14-12-8-7-10(3)11(4)9-12/h7-9H,5-6H2,1-4H3,(H,14,16). The Morgan fingerprint density at radius 3 is 2.31 bits per heavy atom. The maximum absolute atomic E-state index is 11.8. The summed E-state index contributed by atoms with van der Waals surface area (Å²) in [6.07, 6.45) is 0. The van der Waals surface area contributed by atoms with Crippen molar-refractivity contribution in [2.75, 3.05) is 18.4 Å². The fourth-order valence-corrected chi connectivity index (χ4v) is 1.53. The average Bonchev–Trinajstić information content (AvgIpc) is 2.25. The number of carbonyl (C=O) groups excluding carboxylic acids is 1. The second kappa shape index (κ2) is 5.54. The van der Waals surface area contributed by atoms with Crippen molar-refractivity contribution in [1.29, 1.82) is 0 Å². The Labute approximate surface area is 97.5 Å². The van der Waals surface area contributed by atoms with E-state index in [0.717, 1.165) is 18.8 Å². The van der Waals surface area contributed by atoms with Crippen LogP contribution in [0.1, 0.15) is 25.0 Å². The second-order valence-corrected chi connectivity index (χ2v) is 3.90. The Morgan fingerprint density at radius 1 is 1.19 bits per heavy atom. The van der Waals surface area contributed by atoms with Crippen molar-refractivity contribution >= 4 is 11.7 Å². The number of hydrogen-bond acceptors (Lipinski definition) is 1. The van der Waals surface area contributed by atoms with Gasteiger partial charge in [-0.1, -0.05) is 6.07 Å². The summed E-state index contributed by atoms with van der Waals surface area (Å²) in [7, 11) is 0. The first kappa shape index (κ1) is 12.6. The predicted octanol–water partition coefficient (Wildman–Crippen LogP) is 3.18. The molecule has 0 saturated heterocycles. The van der Waals surface area contributed by atoms with Crippen molar-refractivity contribution in [2.24, 2.45) is 0 Å². The van der Waals surface area contributed by atoms with Crippen LogP contribution in [0.15, 0.2) is 18.2 Å². The minimum absolute atomic E-state index is 0.0340. The summed E-state index contributed by atoms with van der Waals surface area (Å²) in [5.74, 6) is 0. The van der Waals surface area contributed by atoms with E-state index >= 15 is 0 Å². The molecule has 1 N–H and O–H groups in total. The second-order valence-electron chi connectivity index (χ2n) is 3.90. The Bertz CT molecular complexity index is 370. The monoisotopic (exact) mass is 220 g/mol. The summed E-state index contributed by atoms with van der Waals surface area (Å²) >= 11 is 0. The van der Waals surface area contributed by atoms with E-state index in [1.54, 1.807) is 4.90 Å². The van der Waals surface area contributed by atoms with Crippen LogP contribution in [-0.2, 0) is 0 Å². The van der Waals surface area contributed by atoms with Crippen LogP contribution in [0, 0.1) is 13.8 Å². The lowest BCUT2D eigenvalue weighted by molar-refractivity contribution is 0.217. The Morgan fingerprint density at radius 2 is 1.81 bits per heavy atom. The highest BCUT2D eigenvalue weighted by Gasteiger charge is 2.09. The topological polar surface area (TPSA) is 32.3 Å². The number of nitrogens with zero attached hydrogens (tertiary/aromatic N) is 1. The van der Waals surface area contributed by atoms with Crippen LogP contribution in [0.25, 0.3) is 0 Å². The number of aryl methyl sites for hydroxylation is 2. The average molecular weight is 220 g/mol. The van der Waals surface area contributed by atoms with Gasteiger partial charge in [0.1, 0.15) is 0 Å². The van der Waals surface area contributed by atoms with Crippen LogP contribution in [0.3, 0.4) is 0 Å². The van der Waals surface area contributed by atoms with Gasteiger partial charge in [-0.25, -0.2) is 4.79 Å². The van der Waals surface area contributed by atoms with Crippen LogP contribution in [0.2, 0.25) is 0 Å². The number of hydrogen-bond donors (Lipinski definition) is 1. The molecular formula is C13H20N2O. The molecule has 0 fully saturated rings. The molecule has 0 aliphatic carbocycles. The van der Waals surface area contributed by atoms with Gasteiger partial charge in [-0.15, -0.1) is 0 Å². The maximum atomic E-state index is 11.8. The molecule has 1 aromatic rings. The summed E-state index contributed by atoms with van der Waals surface area (Å²) < 4.78 is 0. The number of nitrogens with one attached hydrogen (secondary N) is 1. The quantitative estimate of drug-likeness (QED) is 0.833. The van der Waals surface area contributed by atoms with Crippen LogP contribution >= 0.6 is 0 Å². The van der Waals surface area contributed by atoms with Crippen molar-refractivity contribution < 1.29 is 4.79 Å². The fourth-order valence-electron chi connectivity index (χ4n) is 1.53. The summed E-state index contributed by atoms with van der Waals surface area (Å²) in [4.78, 5) is 13.5. The van der Waals surface area contributed by atoms with Gasteiger partial charge in [-0.05, 0) is 51.0 Å². The van der Waals surface area contributed by atoms with Gasteiger partial charge in [0.05, 0.1) is 0 Å². The largest absolute Gasteiger partial charge is 0.325 e. The molecule has 2 amide bonds. The molecule has 1 rings (SSSR count). The zero-order chi connectivity index (χ0) is 12.1. The molecule has 88 valence electrons. The Kier molecular flexibility index (Phi) is 4.35. The van der Waals surface area contributed by atoms with Gasteiger partial charge in [0.15, 0.2) is 0 Å². The number of rotatable bonds is 3. The number of urea groups is 1. The lowest BCUT2D eigenvalue weighted by Crippen LogP contribution is -2.34. The third-order valence-electron chi connectivity index (χ3n) is 2.81. The first-order valence-electron chi connectivity index (χ1n) is 5.71. The highest BCUT2D eigenvalue weighted by Crippen LogP contribution is 2.14. The zero-order valence-electron chi connectivity index (χ0n) is 10.5. The molecule has 0 atom stereocenters. The molecule has 0 bridgehead atoms. The Hall–Kier alpha value is -1.51. The van der Waals surface area contributed by atoms with E-state index in [2.05, 4.69) is 12.2 Å². The van der Waals surface area contributed by atoms with Crippen LogP contribution in [0.4, 0.5) is 10.5 Å². The summed E-state index contributed by atoms with van der Waals surface area (Å²) in [6, 6.07) is 5.92. The molecular weight excluding hydrogens is 200 g/mol. The lowest BCUT2D eigenvalue weighted by Gasteiger charge is -2.19. The third-order valence-corrected chi connectivity index (χ3v) is 2.81. The van der Waals surface area contributed by atoms with E-state index in [9.17, 15) is 4.79 Å². The molecule has 0 spiro atoms. The minimum atomic E-state index is -0.0340. The summed E-state index contributed by atoms with van der Waals surface area (Å²) in [5, 5.41) is 2.90. The van der Waals surface area contributed by atoms with E-state index in [1.807, 2.05) is 39.0 Å². The predicted molar refractivity (Wildman–Crippen MR) is 67.9 cm³/mol. The first-order chi connectivity index (χ1) is 7.58. The zero-order valence-corrected chi connectivity index (χ0v) is 10.5. The van der Waals surface area contributed by atoms with Gasteiger partial charge >= 0.3 is 6.03 Å². The Balaban J connectivity index is 2.73. The van der Waals surface area contributed by atoms with Gasteiger partial charge in [0, 0.05) is 18.8 Å². The number of anilines is 1. The molecule has 0 aromatic heterocycles. The highest BCUT2D eigenvalue weighted by atomic mass is 16.2. The van der Waals surface area contributed by atoms with E-state index in [-0.39, 0.29) is 6.03 Å². The molecule has 0 heterocycles. The third kappa shape index (κ3) is 2.99. The van der Waals surface area contributed by atoms with E-state index in [4.69, 9.17) is 0 Å². The number of amides is 2. The van der Waals surface area contributed by atoms with Crippen molar-refractivity contribution in [3.8, 4) is 0 Å². The van der Waals surface area contributed by atoms with E-state index < -0.39 is 0 Å². The molecule has 0 saturated carbocycles. The first-order valence-corrected chi connectivity index (χ1v) is 5.71. The van der Waals surface area contributed by atoms with Gasteiger partial charge in [-0.3, -0.25) is 0 Å². The molecule has 0 aliphatic rings. The van der Waals surface area contributed by atoms with Gasteiger partial charge in [-0.2, -0.15) is 0 Å². The molecule has 0 unspecified atom stereocenters. The van der Waals surface area contributed by atoms with Crippen molar-refractivity contribution in [1.82, 2.24) is 4.90 Å². The molecule has 0 radical (unpaired) electrons. The van der Waals surface area contributed by atoms with Crippen molar-refractivity contribution in [3.63, 3.8) is 0 Å². The van der Waals surface area contributed by atoms with Gasteiger partial charge < -0.3 is 10.2 Å². The maximum Gasteiger partial charge on any atom is 0.321 e. The summed E-state index contributed by atoms with van der Waals surface area (Å²) in [6.45, 7) is 9.51. The molecule has 16 heavy (non-hydrogen) atoms. The van der Waals surface area contributed by atoms with E-state index in [1.165, 1.54) is 11.1 Å². The molecule has 1 aromatic carbocycles. The van der Waals surface area contributed by atoms with E-state index in [0.29, 0.717) is 0 Å². The van der Waals surface area contributed by atoms with Gasteiger partial charge in [0.25, 0.3) is 0 Å². The fraction of sp³-hybridized carbons (Fsp3) is 0.462. The lowest BCUT2D eigenvalue weighted by atomic mass is 10.1.